The second kappa shape index (κ2) is 8.75. The third kappa shape index (κ3) is 4.61. The molecule has 1 aromatic rings. The third-order valence-electron chi connectivity index (χ3n) is 4.49. The molecule has 0 radical (unpaired) electrons. The summed E-state index contributed by atoms with van der Waals surface area (Å²) in [7, 11) is 1.99. The molecule has 0 atom stereocenters. The van der Waals surface area contributed by atoms with Gasteiger partial charge >= 0.3 is 0 Å². The van der Waals surface area contributed by atoms with Crippen LogP contribution in [-0.4, -0.2) is 47.5 Å². The number of rotatable bonds is 5. The molecule has 0 bridgehead atoms. The highest BCUT2D eigenvalue weighted by Crippen LogP contribution is 2.38. The highest BCUT2D eigenvalue weighted by molar-refractivity contribution is 5.92. The SMILES string of the molecule is CNCCC1CCN(C(=O)c2cnc(C3CC3)[nH]2)CC1.Cl.Cl. The van der Waals surface area contributed by atoms with Gasteiger partial charge in [-0.2, -0.15) is 0 Å². The maximum atomic E-state index is 12.4. The van der Waals surface area contributed by atoms with Gasteiger partial charge in [0.2, 0.25) is 0 Å². The van der Waals surface area contributed by atoms with Gasteiger partial charge in [0.25, 0.3) is 5.91 Å². The number of aromatic amines is 1. The zero-order valence-corrected chi connectivity index (χ0v) is 14.6. The number of halogens is 2. The first-order chi connectivity index (χ1) is 9.78. The van der Waals surface area contributed by atoms with Crippen molar-refractivity contribution in [2.75, 3.05) is 26.7 Å². The first kappa shape index (κ1) is 19.3. The number of H-pyrrole nitrogens is 1. The highest BCUT2D eigenvalue weighted by atomic mass is 35.5. The topological polar surface area (TPSA) is 61.0 Å². The van der Waals surface area contributed by atoms with E-state index >= 15 is 0 Å². The minimum absolute atomic E-state index is 0. The Bertz CT molecular complexity index is 468. The minimum atomic E-state index is 0. The molecule has 0 aromatic carbocycles. The molecule has 1 saturated heterocycles. The van der Waals surface area contributed by atoms with Crippen LogP contribution in [-0.2, 0) is 0 Å². The Kier molecular flexibility index (Phi) is 7.66. The number of hydrogen-bond acceptors (Lipinski definition) is 3. The van der Waals surface area contributed by atoms with E-state index in [0.29, 0.717) is 11.6 Å². The average Bonchev–Trinajstić information content (AvgIpc) is 3.22. The molecule has 0 unspecified atom stereocenters. The lowest BCUT2D eigenvalue weighted by molar-refractivity contribution is 0.0681. The molecule has 2 N–H and O–H groups in total. The minimum Gasteiger partial charge on any atom is -0.338 e. The summed E-state index contributed by atoms with van der Waals surface area (Å²) in [6.45, 7) is 2.83. The Morgan fingerprint density at radius 2 is 2.00 bits per heavy atom. The summed E-state index contributed by atoms with van der Waals surface area (Å²) in [6.07, 6.45) is 7.58. The smallest absolute Gasteiger partial charge is 0.271 e. The van der Waals surface area contributed by atoms with E-state index in [9.17, 15) is 4.79 Å². The van der Waals surface area contributed by atoms with Crippen molar-refractivity contribution >= 4 is 30.7 Å². The molecule has 5 nitrogen and oxygen atoms in total. The summed E-state index contributed by atoms with van der Waals surface area (Å²) in [5.41, 5.74) is 0.667. The van der Waals surface area contributed by atoms with Crippen LogP contribution >= 0.6 is 24.8 Å². The summed E-state index contributed by atoms with van der Waals surface area (Å²) in [4.78, 5) is 21.9. The fraction of sp³-hybridized carbons (Fsp3) is 0.733. The molecule has 3 rings (SSSR count). The molecule has 2 fully saturated rings. The molecule has 126 valence electrons. The largest absolute Gasteiger partial charge is 0.338 e. The van der Waals surface area contributed by atoms with Crippen molar-refractivity contribution < 1.29 is 4.79 Å². The van der Waals surface area contributed by atoms with Gasteiger partial charge in [0.1, 0.15) is 11.5 Å². The van der Waals surface area contributed by atoms with Crippen LogP contribution in [0.1, 0.15) is 54.3 Å². The molecule has 2 aliphatic rings. The van der Waals surface area contributed by atoms with E-state index < -0.39 is 0 Å². The zero-order chi connectivity index (χ0) is 13.9. The molecule has 2 heterocycles. The molecular weight excluding hydrogens is 323 g/mol. The number of hydrogen-bond donors (Lipinski definition) is 2. The van der Waals surface area contributed by atoms with Crippen molar-refractivity contribution in [1.82, 2.24) is 20.2 Å². The van der Waals surface area contributed by atoms with E-state index in [-0.39, 0.29) is 30.7 Å². The number of carbonyl (C=O) groups excluding carboxylic acids is 1. The van der Waals surface area contributed by atoms with Crippen LogP contribution in [0.3, 0.4) is 0 Å². The van der Waals surface area contributed by atoms with Gasteiger partial charge in [-0.1, -0.05) is 0 Å². The number of piperidine rings is 1. The van der Waals surface area contributed by atoms with Crippen molar-refractivity contribution in [3.05, 3.63) is 17.7 Å². The van der Waals surface area contributed by atoms with Gasteiger partial charge in [-0.15, -0.1) is 24.8 Å². The predicted octanol–water partition coefficient (Wildman–Crippen LogP) is 2.59. The van der Waals surface area contributed by atoms with Crippen molar-refractivity contribution in [3.8, 4) is 0 Å². The Labute approximate surface area is 144 Å². The van der Waals surface area contributed by atoms with Crippen LogP contribution in [0, 0.1) is 5.92 Å². The summed E-state index contributed by atoms with van der Waals surface area (Å²) in [5.74, 6) is 2.45. The predicted molar refractivity (Wildman–Crippen MR) is 92.2 cm³/mol. The van der Waals surface area contributed by atoms with Gasteiger partial charge < -0.3 is 15.2 Å². The lowest BCUT2D eigenvalue weighted by Crippen LogP contribution is -2.39. The number of amides is 1. The van der Waals surface area contributed by atoms with Crippen molar-refractivity contribution in [3.63, 3.8) is 0 Å². The molecule has 7 heteroatoms. The molecule has 1 aliphatic heterocycles. The van der Waals surface area contributed by atoms with Crippen LogP contribution in [0.5, 0.6) is 0 Å². The number of aromatic nitrogens is 2. The molecule has 1 aliphatic carbocycles. The van der Waals surface area contributed by atoms with Gasteiger partial charge in [-0.05, 0) is 51.6 Å². The van der Waals surface area contributed by atoms with E-state index in [1.807, 2.05) is 11.9 Å². The Balaban J connectivity index is 0.00000121. The summed E-state index contributed by atoms with van der Waals surface area (Å²) >= 11 is 0. The number of carbonyl (C=O) groups is 1. The third-order valence-corrected chi connectivity index (χ3v) is 4.49. The lowest BCUT2D eigenvalue weighted by Gasteiger charge is -2.31. The summed E-state index contributed by atoms with van der Waals surface area (Å²) in [6, 6.07) is 0. The van der Waals surface area contributed by atoms with Crippen molar-refractivity contribution in [2.45, 2.75) is 38.0 Å². The average molecular weight is 349 g/mol. The number of imidazole rings is 1. The van der Waals surface area contributed by atoms with Crippen molar-refractivity contribution in [1.29, 1.82) is 0 Å². The summed E-state index contributed by atoms with van der Waals surface area (Å²) in [5, 5.41) is 3.20. The second-order valence-electron chi connectivity index (χ2n) is 6.08. The Morgan fingerprint density at radius 3 is 2.59 bits per heavy atom. The van der Waals surface area contributed by atoms with E-state index in [2.05, 4.69) is 15.3 Å². The molecule has 1 amide bonds. The van der Waals surface area contributed by atoms with Gasteiger partial charge in [0.05, 0.1) is 6.20 Å². The first-order valence-electron chi connectivity index (χ1n) is 7.76. The highest BCUT2D eigenvalue weighted by Gasteiger charge is 2.29. The molecular formula is C15H26Cl2N4O. The molecule has 22 heavy (non-hydrogen) atoms. The summed E-state index contributed by atoms with van der Waals surface area (Å²) < 4.78 is 0. The van der Waals surface area contributed by atoms with E-state index in [4.69, 9.17) is 0 Å². The first-order valence-corrected chi connectivity index (χ1v) is 7.76. The van der Waals surface area contributed by atoms with Crippen LogP contribution < -0.4 is 5.32 Å². The van der Waals surface area contributed by atoms with E-state index in [1.54, 1.807) is 6.20 Å². The zero-order valence-electron chi connectivity index (χ0n) is 13.0. The fourth-order valence-electron chi connectivity index (χ4n) is 2.95. The standard InChI is InChI=1S/C15H24N4O.2ClH/c1-16-7-4-11-5-8-19(9-6-11)15(20)13-10-17-14(18-13)12-2-3-12;;/h10-12,16H,2-9H2,1H3,(H,17,18);2*1H. The second-order valence-corrected chi connectivity index (χ2v) is 6.08. The van der Waals surface area contributed by atoms with Gasteiger partial charge in [0.15, 0.2) is 0 Å². The monoisotopic (exact) mass is 348 g/mol. The van der Waals surface area contributed by atoms with Gasteiger partial charge in [0, 0.05) is 19.0 Å². The molecule has 1 saturated carbocycles. The van der Waals surface area contributed by atoms with E-state index in [0.717, 1.165) is 44.2 Å². The molecule has 0 spiro atoms. The maximum absolute atomic E-state index is 12.4. The lowest BCUT2D eigenvalue weighted by atomic mass is 9.93. The van der Waals surface area contributed by atoms with Crippen LogP contribution in [0.2, 0.25) is 0 Å². The van der Waals surface area contributed by atoms with Crippen LogP contribution in [0.25, 0.3) is 0 Å². The Hall–Kier alpha value is -0.780. The fourth-order valence-corrected chi connectivity index (χ4v) is 2.95. The Morgan fingerprint density at radius 1 is 1.32 bits per heavy atom. The number of nitrogens with one attached hydrogen (secondary N) is 2. The van der Waals surface area contributed by atoms with Gasteiger partial charge in [-0.3, -0.25) is 4.79 Å². The van der Waals surface area contributed by atoms with E-state index in [1.165, 1.54) is 19.3 Å². The van der Waals surface area contributed by atoms with Crippen LogP contribution in [0.4, 0.5) is 0 Å². The number of likely N-dealkylation sites (tertiary alicyclic amines) is 1. The van der Waals surface area contributed by atoms with Gasteiger partial charge in [-0.25, -0.2) is 4.98 Å². The maximum Gasteiger partial charge on any atom is 0.271 e. The quantitative estimate of drug-likeness (QED) is 0.859. The normalized spacial score (nSPS) is 18.5. The van der Waals surface area contributed by atoms with Crippen molar-refractivity contribution in [2.24, 2.45) is 5.92 Å². The number of nitrogens with zero attached hydrogens (tertiary/aromatic N) is 2. The van der Waals surface area contributed by atoms with Crippen LogP contribution in [0.15, 0.2) is 6.20 Å². The molecule has 1 aromatic heterocycles.